The van der Waals surface area contributed by atoms with E-state index in [9.17, 15) is 4.79 Å². The third-order valence-corrected chi connectivity index (χ3v) is 6.40. The number of aromatic nitrogens is 3. The Balaban J connectivity index is 1.34. The van der Waals surface area contributed by atoms with E-state index in [1.165, 1.54) is 11.8 Å². The largest absolute Gasteiger partial charge is 0.431 e. The Bertz CT molecular complexity index is 1390. The van der Waals surface area contributed by atoms with E-state index in [0.717, 1.165) is 39.6 Å². The summed E-state index contributed by atoms with van der Waals surface area (Å²) in [6, 6.07) is 29.6. The summed E-state index contributed by atoms with van der Waals surface area (Å²) in [4.78, 5) is 17.5. The second kappa shape index (κ2) is 10.0. The summed E-state index contributed by atoms with van der Waals surface area (Å²) in [6.45, 7) is 3.84. The van der Waals surface area contributed by atoms with Crippen molar-refractivity contribution >= 4 is 23.4 Å². The molecule has 0 aliphatic rings. The first kappa shape index (κ1) is 22.7. The van der Waals surface area contributed by atoms with Crippen LogP contribution in [0.25, 0.3) is 28.3 Å². The van der Waals surface area contributed by atoms with Crippen LogP contribution in [0.5, 0.6) is 0 Å². The molecule has 3 aromatic carbocycles. The fourth-order valence-corrected chi connectivity index (χ4v) is 4.51. The second-order valence-electron chi connectivity index (χ2n) is 8.02. The van der Waals surface area contributed by atoms with Crippen LogP contribution in [0.1, 0.15) is 11.4 Å². The molecule has 0 radical (unpaired) electrons. The number of benzene rings is 3. The van der Waals surface area contributed by atoms with Crippen LogP contribution >= 0.6 is 11.8 Å². The summed E-state index contributed by atoms with van der Waals surface area (Å²) in [5.74, 6) is 0.711. The minimum atomic E-state index is -0.144. The molecule has 1 amide bonds. The Labute approximate surface area is 208 Å². The predicted molar refractivity (Wildman–Crippen MR) is 140 cm³/mol. The quantitative estimate of drug-likeness (QED) is 0.268. The van der Waals surface area contributed by atoms with Crippen LogP contribution < -0.4 is 5.32 Å². The summed E-state index contributed by atoms with van der Waals surface area (Å²) in [5, 5.41) is 8.06. The highest BCUT2D eigenvalue weighted by molar-refractivity contribution is 7.99. The minimum absolute atomic E-state index is 0.144. The fraction of sp³-hybridized carbons (Fsp3) is 0.107. The maximum absolute atomic E-state index is 12.8. The molecule has 0 saturated heterocycles. The molecule has 7 heteroatoms. The van der Waals surface area contributed by atoms with Gasteiger partial charge in [0.1, 0.15) is 5.69 Å². The number of aryl methyl sites for hydroxylation is 1. The monoisotopic (exact) mass is 480 g/mol. The van der Waals surface area contributed by atoms with Gasteiger partial charge in [-0.1, -0.05) is 90.6 Å². The van der Waals surface area contributed by atoms with Gasteiger partial charge >= 0.3 is 0 Å². The highest BCUT2D eigenvalue weighted by Gasteiger charge is 2.19. The molecule has 0 atom stereocenters. The highest BCUT2D eigenvalue weighted by atomic mass is 32.2. The topological polar surface area (TPSA) is 73.0 Å². The van der Waals surface area contributed by atoms with Gasteiger partial charge in [0.25, 0.3) is 5.22 Å². The number of anilines is 1. The lowest BCUT2D eigenvalue weighted by Gasteiger charge is -2.06. The van der Waals surface area contributed by atoms with Crippen molar-refractivity contribution in [3.8, 4) is 28.3 Å². The lowest BCUT2D eigenvalue weighted by Crippen LogP contribution is -2.15. The zero-order chi connectivity index (χ0) is 24.2. The van der Waals surface area contributed by atoms with Crippen LogP contribution in [0.3, 0.4) is 0 Å². The molecule has 5 aromatic rings. The molecule has 0 bridgehead atoms. The fourth-order valence-electron chi connectivity index (χ4n) is 3.89. The second-order valence-corrected chi connectivity index (χ2v) is 8.95. The third-order valence-electron chi connectivity index (χ3n) is 5.57. The number of amides is 1. The van der Waals surface area contributed by atoms with Crippen LogP contribution in [0.15, 0.2) is 101 Å². The Hall–Kier alpha value is -4.10. The molecule has 174 valence electrons. The van der Waals surface area contributed by atoms with Crippen LogP contribution in [0.4, 0.5) is 5.69 Å². The van der Waals surface area contributed by atoms with Crippen molar-refractivity contribution in [1.82, 2.24) is 14.8 Å². The maximum atomic E-state index is 12.8. The zero-order valence-corrected chi connectivity index (χ0v) is 20.3. The lowest BCUT2D eigenvalue weighted by atomic mass is 10.1. The van der Waals surface area contributed by atoms with Gasteiger partial charge in [-0.05, 0) is 26.0 Å². The number of para-hydroxylation sites is 1. The smallest absolute Gasteiger partial charge is 0.257 e. The number of nitrogens with zero attached hydrogens (tertiary/aromatic N) is 3. The number of carbonyl (C=O) groups is 1. The molecule has 1 N–H and O–H groups in total. The molecular weight excluding hydrogens is 456 g/mol. The van der Waals surface area contributed by atoms with Crippen molar-refractivity contribution in [2.75, 3.05) is 11.1 Å². The minimum Gasteiger partial charge on any atom is -0.431 e. The van der Waals surface area contributed by atoms with Crippen LogP contribution in [0, 0.1) is 13.8 Å². The molecule has 0 spiro atoms. The maximum Gasteiger partial charge on any atom is 0.257 e. The van der Waals surface area contributed by atoms with Crippen LogP contribution in [-0.2, 0) is 4.79 Å². The molecule has 0 aliphatic heterocycles. The van der Waals surface area contributed by atoms with Gasteiger partial charge in [0.15, 0.2) is 5.76 Å². The van der Waals surface area contributed by atoms with E-state index in [4.69, 9.17) is 9.40 Å². The predicted octanol–water partition coefficient (Wildman–Crippen LogP) is 6.54. The van der Waals surface area contributed by atoms with Crippen molar-refractivity contribution < 1.29 is 9.21 Å². The van der Waals surface area contributed by atoms with Gasteiger partial charge in [-0.3, -0.25) is 4.79 Å². The summed E-state index contributed by atoms with van der Waals surface area (Å²) < 4.78 is 7.96. The number of hydrogen-bond acceptors (Lipinski definition) is 5. The molecule has 0 unspecified atom stereocenters. The molecule has 0 saturated carbocycles. The third kappa shape index (κ3) is 4.90. The summed E-state index contributed by atoms with van der Waals surface area (Å²) in [6.07, 6.45) is 0. The Kier molecular flexibility index (Phi) is 6.50. The van der Waals surface area contributed by atoms with Crippen LogP contribution in [0.2, 0.25) is 0 Å². The molecule has 35 heavy (non-hydrogen) atoms. The Morgan fingerprint density at radius 2 is 1.49 bits per heavy atom. The van der Waals surface area contributed by atoms with Crippen molar-refractivity contribution in [2.45, 2.75) is 19.1 Å². The van der Waals surface area contributed by atoms with Crippen LogP contribution in [-0.4, -0.2) is 26.4 Å². The van der Waals surface area contributed by atoms with Crippen molar-refractivity contribution in [2.24, 2.45) is 0 Å². The molecule has 5 rings (SSSR count). The normalized spacial score (nSPS) is 10.9. The molecule has 2 aromatic heterocycles. The van der Waals surface area contributed by atoms with Gasteiger partial charge < -0.3 is 9.73 Å². The molecule has 2 heterocycles. The number of carbonyl (C=O) groups excluding carboxylic acids is 1. The molecule has 6 nitrogen and oxygen atoms in total. The SMILES string of the molecule is Cc1nn(-c2ccccc2)c(C)c1NC(=O)CSc1nc(-c2ccccc2)c(-c2ccccc2)o1. The van der Waals surface area contributed by atoms with Gasteiger partial charge in [0, 0.05) is 11.1 Å². The van der Waals surface area contributed by atoms with Gasteiger partial charge in [0.2, 0.25) is 5.91 Å². The standard InChI is InChI=1S/C28H24N4O2S/c1-19-25(20(2)32(31-19)23-16-10-5-11-17-23)29-24(33)18-35-28-30-26(21-12-6-3-7-13-21)27(34-28)22-14-8-4-9-15-22/h3-17H,18H2,1-2H3,(H,29,33). The van der Waals surface area contributed by atoms with E-state index in [1.807, 2.05) is 110 Å². The first-order valence-corrected chi connectivity index (χ1v) is 12.2. The number of rotatable bonds is 7. The average molecular weight is 481 g/mol. The highest BCUT2D eigenvalue weighted by Crippen LogP contribution is 2.35. The van der Waals surface area contributed by atoms with Gasteiger partial charge in [-0.25, -0.2) is 9.67 Å². The van der Waals surface area contributed by atoms with Crippen molar-refractivity contribution in [3.05, 3.63) is 102 Å². The van der Waals surface area contributed by atoms with Gasteiger partial charge in [0.05, 0.1) is 28.5 Å². The molecule has 0 fully saturated rings. The van der Waals surface area contributed by atoms with E-state index in [-0.39, 0.29) is 11.7 Å². The van der Waals surface area contributed by atoms with E-state index in [2.05, 4.69) is 10.4 Å². The number of thioether (sulfide) groups is 1. The average Bonchev–Trinajstić information content (AvgIpc) is 3.46. The summed E-state index contributed by atoms with van der Waals surface area (Å²) in [7, 11) is 0. The Morgan fingerprint density at radius 1 is 0.886 bits per heavy atom. The molecular formula is C28H24N4O2S. The van der Waals surface area contributed by atoms with E-state index >= 15 is 0 Å². The van der Waals surface area contributed by atoms with E-state index in [1.54, 1.807) is 0 Å². The summed E-state index contributed by atoms with van der Waals surface area (Å²) >= 11 is 1.27. The number of hydrogen-bond donors (Lipinski definition) is 1. The zero-order valence-electron chi connectivity index (χ0n) is 19.4. The summed E-state index contributed by atoms with van der Waals surface area (Å²) in [5.41, 5.74) is 5.97. The van der Waals surface area contributed by atoms with Crippen molar-refractivity contribution in [3.63, 3.8) is 0 Å². The van der Waals surface area contributed by atoms with E-state index in [0.29, 0.717) is 11.0 Å². The lowest BCUT2D eigenvalue weighted by molar-refractivity contribution is -0.113. The molecule has 0 aliphatic carbocycles. The van der Waals surface area contributed by atoms with E-state index < -0.39 is 0 Å². The number of oxazole rings is 1. The Morgan fingerprint density at radius 3 is 2.14 bits per heavy atom. The van der Waals surface area contributed by atoms with Crippen molar-refractivity contribution in [1.29, 1.82) is 0 Å². The van der Waals surface area contributed by atoms with Gasteiger partial charge in [-0.2, -0.15) is 5.10 Å². The van der Waals surface area contributed by atoms with Gasteiger partial charge in [-0.15, -0.1) is 0 Å². The first-order valence-electron chi connectivity index (χ1n) is 11.3. The number of nitrogens with one attached hydrogen (secondary N) is 1. The first-order chi connectivity index (χ1) is 17.1.